The summed E-state index contributed by atoms with van der Waals surface area (Å²) in [6.07, 6.45) is 5.94. The molecule has 2 aromatic rings. The molecule has 1 amide bonds. The number of carbonyl (C=O) groups excluding carboxylic acids is 1. The number of hydrogen-bond acceptors (Lipinski definition) is 8. The Labute approximate surface area is 234 Å². The molecule has 10 nitrogen and oxygen atoms in total. The molecular weight excluding hydrogens is 532 g/mol. The molecule has 2 N–H and O–H groups in total. The van der Waals surface area contributed by atoms with Gasteiger partial charge in [0.2, 0.25) is 0 Å². The van der Waals surface area contributed by atoms with Crippen molar-refractivity contribution < 1.29 is 27.8 Å². The van der Waals surface area contributed by atoms with E-state index in [4.69, 9.17) is 9.47 Å². The summed E-state index contributed by atoms with van der Waals surface area (Å²) < 4.78 is 39.4. The van der Waals surface area contributed by atoms with E-state index in [-0.39, 0.29) is 33.7 Å². The summed E-state index contributed by atoms with van der Waals surface area (Å²) in [6.45, 7) is 10.4. The number of anilines is 1. The largest absolute Gasteiger partial charge is 0.504 e. The van der Waals surface area contributed by atoms with Crippen LogP contribution < -0.4 is 14.2 Å². The van der Waals surface area contributed by atoms with E-state index < -0.39 is 10.0 Å². The van der Waals surface area contributed by atoms with Crippen LogP contribution in [0.5, 0.6) is 17.2 Å². The lowest BCUT2D eigenvalue weighted by Gasteiger charge is -2.35. The number of aromatic hydroxyl groups is 1. The molecule has 4 rings (SSSR count). The second-order valence-corrected chi connectivity index (χ2v) is 10.8. The van der Waals surface area contributed by atoms with Crippen LogP contribution in [0, 0.1) is 0 Å². The van der Waals surface area contributed by atoms with E-state index in [0.29, 0.717) is 49.6 Å². The quantitative estimate of drug-likeness (QED) is 0.476. The van der Waals surface area contributed by atoms with Crippen LogP contribution in [-0.4, -0.2) is 75.3 Å². The maximum atomic E-state index is 13.3. The van der Waals surface area contributed by atoms with Crippen LogP contribution in [0.3, 0.4) is 0 Å². The number of nitrogens with zero attached hydrogens (tertiary/aromatic N) is 3. The molecule has 210 valence electrons. The fourth-order valence-electron chi connectivity index (χ4n) is 4.54. The first kappa shape index (κ1) is 28.7. The minimum Gasteiger partial charge on any atom is -0.504 e. The van der Waals surface area contributed by atoms with Gasteiger partial charge < -0.3 is 19.5 Å². The Hall–Kier alpha value is -4.35. The second kappa shape index (κ2) is 12.2. The zero-order valence-electron chi connectivity index (χ0n) is 22.5. The van der Waals surface area contributed by atoms with Crippen LogP contribution in [0.2, 0.25) is 0 Å². The second-order valence-electron chi connectivity index (χ2n) is 9.17. The van der Waals surface area contributed by atoms with Crippen LogP contribution >= 0.6 is 0 Å². The molecule has 0 saturated carbocycles. The number of hydrogen-bond donors (Lipinski definition) is 2. The van der Waals surface area contributed by atoms with Crippen molar-refractivity contribution in [3.05, 3.63) is 95.6 Å². The van der Waals surface area contributed by atoms with Gasteiger partial charge in [0.05, 0.1) is 31.2 Å². The molecule has 1 saturated heterocycles. The van der Waals surface area contributed by atoms with Crippen LogP contribution in [0.1, 0.15) is 15.9 Å². The highest BCUT2D eigenvalue weighted by Gasteiger charge is 2.27. The molecular formula is C29H32N4O6S. The van der Waals surface area contributed by atoms with Gasteiger partial charge in [-0.25, -0.2) is 8.42 Å². The molecule has 1 heterocycles. The molecule has 1 aliphatic carbocycles. The standard InChI is InChI=1S/C29H32N4O6S/c1-5-30-28-20(2)7-6-8-27(28)40(36,37)31-22-10-11-23(26(18-22)39-4)29(35)33-15-13-32(14-16-33)19-21-9-12-25(38-3)24(34)17-21/h5-12,17-18,31,34H,1-2,13-16,19H2,3-4H3. The predicted octanol–water partition coefficient (Wildman–Crippen LogP) is 3.70. The fourth-order valence-corrected chi connectivity index (χ4v) is 5.78. The lowest BCUT2D eigenvalue weighted by atomic mass is 10.1. The van der Waals surface area contributed by atoms with Crippen LogP contribution in [-0.2, 0) is 16.6 Å². The number of rotatable bonds is 9. The number of ether oxygens (including phenoxy) is 2. The molecule has 2 aliphatic rings. The van der Waals surface area contributed by atoms with E-state index in [0.717, 1.165) is 5.56 Å². The fraction of sp³-hybridized carbons (Fsp3) is 0.241. The third kappa shape index (κ3) is 6.27. The first-order valence-corrected chi connectivity index (χ1v) is 14.0. The number of carbonyl (C=O) groups is 1. The van der Waals surface area contributed by atoms with Crippen molar-refractivity contribution >= 4 is 27.3 Å². The molecule has 1 fully saturated rings. The Morgan fingerprint density at radius 3 is 2.48 bits per heavy atom. The molecule has 0 atom stereocenters. The Kier molecular flexibility index (Phi) is 8.76. The topological polar surface area (TPSA) is 121 Å². The minimum absolute atomic E-state index is 0.0401. The highest BCUT2D eigenvalue weighted by molar-refractivity contribution is 7.97. The Bertz CT molecular complexity index is 1520. The van der Waals surface area contributed by atoms with Crippen molar-refractivity contribution in [2.75, 3.05) is 45.1 Å². The van der Waals surface area contributed by atoms with Gasteiger partial charge in [-0.05, 0) is 41.5 Å². The van der Waals surface area contributed by atoms with Gasteiger partial charge in [-0.1, -0.05) is 31.4 Å². The first-order valence-electron chi connectivity index (χ1n) is 12.5. The molecule has 1 aliphatic heterocycles. The van der Waals surface area contributed by atoms with E-state index in [2.05, 4.69) is 27.8 Å². The molecule has 0 unspecified atom stereocenters. The highest BCUT2D eigenvalue weighted by Crippen LogP contribution is 2.29. The lowest BCUT2D eigenvalue weighted by molar-refractivity contribution is 0.0625. The summed E-state index contributed by atoms with van der Waals surface area (Å²) in [5.74, 6) is 0.565. The van der Waals surface area contributed by atoms with Crippen molar-refractivity contribution in [3.63, 3.8) is 0 Å². The van der Waals surface area contributed by atoms with Crippen molar-refractivity contribution in [1.82, 2.24) is 9.80 Å². The molecule has 0 radical (unpaired) electrons. The average molecular weight is 565 g/mol. The number of aliphatic imine (C=N–C) groups is 1. The summed E-state index contributed by atoms with van der Waals surface area (Å²) in [6, 6.07) is 9.88. The molecule has 40 heavy (non-hydrogen) atoms. The van der Waals surface area contributed by atoms with Crippen LogP contribution in [0.4, 0.5) is 5.69 Å². The van der Waals surface area contributed by atoms with E-state index in [9.17, 15) is 18.3 Å². The van der Waals surface area contributed by atoms with Gasteiger partial charge in [-0.2, -0.15) is 0 Å². The van der Waals surface area contributed by atoms with Crippen LogP contribution in [0.15, 0.2) is 89.5 Å². The maximum Gasteiger partial charge on any atom is 0.264 e. The van der Waals surface area contributed by atoms with Gasteiger partial charge >= 0.3 is 0 Å². The molecule has 0 bridgehead atoms. The molecule has 11 heteroatoms. The number of amides is 1. The summed E-state index contributed by atoms with van der Waals surface area (Å²) in [4.78, 5) is 21.3. The number of methoxy groups -OCH3 is 2. The van der Waals surface area contributed by atoms with Crippen molar-refractivity contribution in [1.29, 1.82) is 0 Å². The number of phenolic OH excluding ortho intramolecular Hbond substituents is 1. The SMILES string of the molecule is C=CN=C1C(=C)C=CC=C1S(=O)(=O)Nc1ccc(C(=O)N2CCN(Cc3ccc(OC)c(O)c3)CC2)c(OC)c1. The van der Waals surface area contributed by atoms with Gasteiger partial charge in [-0.15, -0.1) is 0 Å². The van der Waals surface area contributed by atoms with E-state index >= 15 is 0 Å². The summed E-state index contributed by atoms with van der Waals surface area (Å²) in [5.41, 5.74) is 2.17. The van der Waals surface area contributed by atoms with E-state index in [1.54, 1.807) is 35.3 Å². The zero-order valence-corrected chi connectivity index (χ0v) is 23.3. The van der Waals surface area contributed by atoms with Gasteiger partial charge in [0.25, 0.3) is 15.9 Å². The predicted molar refractivity (Wildman–Crippen MR) is 155 cm³/mol. The van der Waals surface area contributed by atoms with Gasteiger partial charge in [0.1, 0.15) is 10.7 Å². The molecule has 2 aromatic carbocycles. The van der Waals surface area contributed by atoms with Gasteiger partial charge in [0.15, 0.2) is 11.5 Å². The third-order valence-corrected chi connectivity index (χ3v) is 8.00. The minimum atomic E-state index is -4.02. The summed E-state index contributed by atoms with van der Waals surface area (Å²) in [5, 5.41) is 10.0. The monoisotopic (exact) mass is 564 g/mol. The Morgan fingerprint density at radius 2 is 1.82 bits per heavy atom. The normalized spacial score (nSPS) is 16.9. The number of allylic oxidation sites excluding steroid dienone is 5. The summed E-state index contributed by atoms with van der Waals surface area (Å²) in [7, 11) is -1.08. The number of benzene rings is 2. The van der Waals surface area contributed by atoms with Crippen LogP contribution in [0.25, 0.3) is 0 Å². The maximum absolute atomic E-state index is 13.3. The van der Waals surface area contributed by atoms with Crippen molar-refractivity contribution in [3.8, 4) is 17.2 Å². The van der Waals surface area contributed by atoms with Gasteiger partial charge in [0, 0.05) is 45.0 Å². The summed E-state index contributed by atoms with van der Waals surface area (Å²) >= 11 is 0. The zero-order chi connectivity index (χ0) is 28.9. The lowest BCUT2D eigenvalue weighted by Crippen LogP contribution is -2.48. The first-order chi connectivity index (χ1) is 19.2. The van der Waals surface area contributed by atoms with Crippen molar-refractivity contribution in [2.24, 2.45) is 4.99 Å². The number of sulfonamides is 1. The number of phenols is 1. The Balaban J connectivity index is 1.43. The highest BCUT2D eigenvalue weighted by atomic mass is 32.2. The average Bonchev–Trinajstić information content (AvgIpc) is 2.94. The smallest absolute Gasteiger partial charge is 0.264 e. The Morgan fingerprint density at radius 1 is 1.10 bits per heavy atom. The molecule has 0 aromatic heterocycles. The van der Waals surface area contributed by atoms with E-state index in [1.165, 1.54) is 38.6 Å². The van der Waals surface area contributed by atoms with Crippen molar-refractivity contribution in [2.45, 2.75) is 6.54 Å². The van der Waals surface area contributed by atoms with Gasteiger partial charge in [-0.3, -0.25) is 19.4 Å². The number of piperazine rings is 1. The number of nitrogens with one attached hydrogen (secondary N) is 1. The molecule has 0 spiro atoms. The van der Waals surface area contributed by atoms with E-state index in [1.807, 2.05) is 6.07 Å². The third-order valence-electron chi connectivity index (χ3n) is 6.59.